The summed E-state index contributed by atoms with van der Waals surface area (Å²) in [5.41, 5.74) is 0.499. The fourth-order valence-electron chi connectivity index (χ4n) is 3.01. The second-order valence-electron chi connectivity index (χ2n) is 7.46. The van der Waals surface area contributed by atoms with Gasteiger partial charge >= 0.3 is 127 Å². The Bertz CT molecular complexity index is 328. The van der Waals surface area contributed by atoms with Crippen molar-refractivity contribution >= 4 is 22.8 Å². The monoisotopic (exact) mass is 414 g/mol. The Labute approximate surface area is 166 Å². The molecule has 25 heavy (non-hydrogen) atoms. The van der Waals surface area contributed by atoms with Gasteiger partial charge in [-0.25, -0.2) is 0 Å². The van der Waals surface area contributed by atoms with Crippen molar-refractivity contribution in [1.82, 2.24) is 0 Å². The van der Waals surface area contributed by atoms with Crippen LogP contribution in [-0.4, -0.2) is 27.7 Å². The van der Waals surface area contributed by atoms with Gasteiger partial charge in [-0.2, -0.15) is 0 Å². The average Bonchev–Trinajstić information content (AvgIpc) is 2.58. The van der Waals surface area contributed by atoms with Gasteiger partial charge in [-0.3, -0.25) is 0 Å². The summed E-state index contributed by atoms with van der Waals surface area (Å²) >= 11 is 1.50. The third kappa shape index (κ3) is 18.4. The minimum Gasteiger partial charge on any atom is -0.0654 e. The Morgan fingerprint density at radius 3 is 1.52 bits per heavy atom. The second kappa shape index (κ2) is 18.6. The van der Waals surface area contributed by atoms with E-state index in [0.29, 0.717) is 5.57 Å². The minimum atomic E-state index is -0.240. The molecule has 2 nitrogen and oxygen atoms in total. The van der Waals surface area contributed by atoms with E-state index in [4.69, 9.17) is 4.74 Å². The van der Waals surface area contributed by atoms with E-state index in [2.05, 4.69) is 13.5 Å². The molecular formula is C22H43AsO2. The maximum absolute atomic E-state index is 11.4. The van der Waals surface area contributed by atoms with Gasteiger partial charge in [-0.1, -0.05) is 39.0 Å². The predicted molar refractivity (Wildman–Crippen MR) is 113 cm³/mol. The van der Waals surface area contributed by atoms with Gasteiger partial charge in [0.2, 0.25) is 0 Å². The Hall–Kier alpha value is -0.232. The minimum absolute atomic E-state index is 0.0821. The van der Waals surface area contributed by atoms with Crippen LogP contribution in [0.5, 0.6) is 0 Å². The molecule has 0 radical (unpaired) electrons. The standard InChI is InChI=1S/C22H43AsO2/c1-4-5-6-7-8-9-10-11-12-13-14-15-16-17-18-19-21(23)25-22(24)20(2)3/h21H,2,4-19,23H2,1,3H3. The molecule has 0 aliphatic heterocycles. The smallest absolute Gasteiger partial charge is 0.0654 e. The number of unbranched alkanes of at least 4 members (excludes halogenated alkanes) is 14. The molecule has 0 amide bonds. The first kappa shape index (κ1) is 24.8. The van der Waals surface area contributed by atoms with Crippen LogP contribution >= 0.6 is 0 Å². The van der Waals surface area contributed by atoms with Crippen LogP contribution in [0.2, 0.25) is 0 Å². The van der Waals surface area contributed by atoms with E-state index in [1.54, 1.807) is 6.92 Å². The van der Waals surface area contributed by atoms with E-state index in [9.17, 15) is 4.79 Å². The molecule has 0 spiro atoms. The van der Waals surface area contributed by atoms with Crippen LogP contribution < -0.4 is 0 Å². The van der Waals surface area contributed by atoms with Gasteiger partial charge in [0, 0.05) is 0 Å². The van der Waals surface area contributed by atoms with Gasteiger partial charge < -0.3 is 0 Å². The van der Waals surface area contributed by atoms with Crippen molar-refractivity contribution < 1.29 is 9.53 Å². The Morgan fingerprint density at radius 1 is 0.800 bits per heavy atom. The number of carbonyl (C=O) groups is 1. The molecule has 0 bridgehead atoms. The zero-order valence-corrected chi connectivity index (χ0v) is 19.4. The summed E-state index contributed by atoms with van der Waals surface area (Å²) in [6, 6.07) is 0. The zero-order chi connectivity index (χ0) is 18.8. The topological polar surface area (TPSA) is 26.3 Å². The molecule has 148 valence electrons. The number of esters is 1. The summed E-state index contributed by atoms with van der Waals surface area (Å²) in [7, 11) is 0. The summed E-state index contributed by atoms with van der Waals surface area (Å²) in [6.07, 6.45) is 21.8. The van der Waals surface area contributed by atoms with Crippen molar-refractivity contribution in [3.63, 3.8) is 0 Å². The van der Waals surface area contributed by atoms with Crippen molar-refractivity contribution in [1.29, 1.82) is 0 Å². The van der Waals surface area contributed by atoms with Crippen LogP contribution in [0.15, 0.2) is 12.2 Å². The third-order valence-electron chi connectivity index (χ3n) is 4.70. The third-order valence-corrected chi connectivity index (χ3v) is 5.68. The molecule has 0 rings (SSSR count). The number of hydrogen-bond acceptors (Lipinski definition) is 2. The Morgan fingerprint density at radius 2 is 1.16 bits per heavy atom. The molecule has 0 saturated heterocycles. The summed E-state index contributed by atoms with van der Waals surface area (Å²) in [4.78, 5) is 11.5. The number of carbonyl (C=O) groups excluding carboxylic acids is 1. The van der Waals surface area contributed by atoms with Crippen molar-refractivity contribution in [3.8, 4) is 0 Å². The van der Waals surface area contributed by atoms with Gasteiger partial charge in [0.25, 0.3) is 0 Å². The molecule has 0 aromatic heterocycles. The van der Waals surface area contributed by atoms with Crippen LogP contribution in [0, 0.1) is 0 Å². The molecular weight excluding hydrogens is 371 g/mol. The molecule has 0 aromatic rings. The second-order valence-corrected chi connectivity index (χ2v) is 9.02. The van der Waals surface area contributed by atoms with Crippen molar-refractivity contribution in [2.45, 2.75) is 121 Å². The summed E-state index contributed by atoms with van der Waals surface area (Å²) < 4.78 is 5.32. The summed E-state index contributed by atoms with van der Waals surface area (Å²) in [5, 5.41) is 0. The van der Waals surface area contributed by atoms with E-state index in [1.807, 2.05) is 0 Å². The van der Waals surface area contributed by atoms with E-state index in [1.165, 1.54) is 113 Å². The SMILES string of the molecule is C=C(C)C(=O)OC([AsH2])CCCCCCCCCCCCCCCCC. The molecule has 0 aliphatic rings. The van der Waals surface area contributed by atoms with Crippen LogP contribution in [-0.2, 0) is 9.53 Å². The van der Waals surface area contributed by atoms with Gasteiger partial charge in [-0.05, 0) is 0 Å². The summed E-state index contributed by atoms with van der Waals surface area (Å²) in [6.45, 7) is 7.60. The predicted octanol–water partition coefficient (Wildman–Crippen LogP) is 6.33. The molecule has 0 heterocycles. The molecule has 2 unspecified atom stereocenters. The van der Waals surface area contributed by atoms with Crippen molar-refractivity contribution in [2.24, 2.45) is 0 Å². The van der Waals surface area contributed by atoms with Crippen LogP contribution in [0.25, 0.3) is 0 Å². The number of ether oxygens (including phenoxy) is 1. The number of hydrogen-bond donors (Lipinski definition) is 0. The maximum atomic E-state index is 11.4. The fraction of sp³-hybridized carbons (Fsp3) is 0.864. The van der Waals surface area contributed by atoms with E-state index < -0.39 is 0 Å². The molecule has 0 N–H and O–H groups in total. The quantitative estimate of drug-likeness (QED) is 0.113. The molecule has 3 heteroatoms. The normalized spacial score (nSPS) is 12.1. The van der Waals surface area contributed by atoms with E-state index in [0.717, 1.165) is 6.42 Å². The molecule has 0 saturated carbocycles. The van der Waals surface area contributed by atoms with Gasteiger partial charge in [0.05, 0.1) is 0 Å². The first-order valence-electron chi connectivity index (χ1n) is 10.7. The van der Waals surface area contributed by atoms with Crippen LogP contribution in [0.4, 0.5) is 0 Å². The number of rotatable bonds is 18. The van der Waals surface area contributed by atoms with Gasteiger partial charge in [0.15, 0.2) is 0 Å². The molecule has 2 atom stereocenters. The van der Waals surface area contributed by atoms with Gasteiger partial charge in [0.1, 0.15) is 0 Å². The molecule has 0 aliphatic carbocycles. The van der Waals surface area contributed by atoms with Crippen molar-refractivity contribution in [2.75, 3.05) is 0 Å². The first-order chi connectivity index (χ1) is 12.1. The zero-order valence-electron chi connectivity index (χ0n) is 17.0. The van der Waals surface area contributed by atoms with E-state index >= 15 is 0 Å². The Kier molecular flexibility index (Phi) is 18.4. The van der Waals surface area contributed by atoms with Crippen LogP contribution in [0.1, 0.15) is 117 Å². The summed E-state index contributed by atoms with van der Waals surface area (Å²) in [5.74, 6) is -0.240. The van der Waals surface area contributed by atoms with Crippen molar-refractivity contribution in [3.05, 3.63) is 12.2 Å². The first-order valence-corrected chi connectivity index (χ1v) is 12.1. The molecule has 0 fully saturated rings. The average molecular weight is 415 g/mol. The van der Waals surface area contributed by atoms with Crippen LogP contribution in [0.3, 0.4) is 0 Å². The fourth-order valence-corrected chi connectivity index (χ4v) is 3.77. The van der Waals surface area contributed by atoms with E-state index in [-0.39, 0.29) is 10.9 Å². The Balaban J connectivity index is 3.19. The molecule has 0 aromatic carbocycles. The van der Waals surface area contributed by atoms with Gasteiger partial charge in [-0.15, -0.1) is 0 Å².